The van der Waals surface area contributed by atoms with Crippen LogP contribution in [0.3, 0.4) is 0 Å². The van der Waals surface area contributed by atoms with Crippen molar-refractivity contribution in [3.05, 3.63) is 98.5 Å². The van der Waals surface area contributed by atoms with Gasteiger partial charge in [0.25, 0.3) is 11.8 Å². The lowest BCUT2D eigenvalue weighted by Crippen LogP contribution is -2.54. The molecule has 2 amide bonds. The molecule has 1 saturated heterocycles. The highest BCUT2D eigenvalue weighted by molar-refractivity contribution is 9.10. The largest absolute Gasteiger partial charge is 0.494 e. The quantitative estimate of drug-likeness (QED) is 0.233. The minimum absolute atomic E-state index is 0.0225. The maximum absolute atomic E-state index is 13.2. The number of anilines is 1. The van der Waals surface area contributed by atoms with Gasteiger partial charge in [0.15, 0.2) is 5.11 Å². The lowest BCUT2D eigenvalue weighted by Gasteiger charge is -2.28. The number of halogens is 2. The highest BCUT2D eigenvalue weighted by Crippen LogP contribution is 2.34. The summed E-state index contributed by atoms with van der Waals surface area (Å²) in [5, 5.41) is 3.32. The average molecular weight is 556 g/mol. The Balaban J connectivity index is 1.73. The summed E-state index contributed by atoms with van der Waals surface area (Å²) in [5.41, 5.74) is 3.08. The van der Waals surface area contributed by atoms with Crippen LogP contribution in [-0.4, -0.2) is 23.5 Å². The van der Waals surface area contributed by atoms with E-state index in [9.17, 15) is 9.59 Å². The van der Waals surface area contributed by atoms with Gasteiger partial charge in [-0.3, -0.25) is 19.8 Å². The van der Waals surface area contributed by atoms with Gasteiger partial charge in [0.1, 0.15) is 11.3 Å². The van der Waals surface area contributed by atoms with Gasteiger partial charge in [-0.15, -0.1) is 0 Å². The summed E-state index contributed by atoms with van der Waals surface area (Å²) in [6.45, 7) is 2.35. The zero-order valence-corrected chi connectivity index (χ0v) is 21.3. The number of carbonyl (C=O) groups is 2. The van der Waals surface area contributed by atoms with Gasteiger partial charge in [0.05, 0.1) is 12.3 Å². The lowest BCUT2D eigenvalue weighted by atomic mass is 10.0. The average Bonchev–Trinajstić information content (AvgIpc) is 2.81. The minimum Gasteiger partial charge on any atom is -0.494 e. The monoisotopic (exact) mass is 554 g/mol. The molecule has 1 N–H and O–H groups in total. The molecular weight excluding hydrogens is 536 g/mol. The van der Waals surface area contributed by atoms with Crippen LogP contribution in [0.15, 0.2) is 76.8 Å². The first kappa shape index (κ1) is 24.1. The summed E-state index contributed by atoms with van der Waals surface area (Å²) < 4.78 is 6.68. The molecular formula is C26H20BrClN2O3S. The number of hydrogen-bond acceptors (Lipinski definition) is 4. The molecule has 0 atom stereocenters. The normalized spacial score (nSPS) is 15.0. The first-order valence-corrected chi connectivity index (χ1v) is 12.1. The van der Waals surface area contributed by atoms with Gasteiger partial charge in [0.2, 0.25) is 0 Å². The van der Waals surface area contributed by atoms with Gasteiger partial charge < -0.3 is 4.74 Å². The van der Waals surface area contributed by atoms with Gasteiger partial charge in [-0.1, -0.05) is 63.9 Å². The van der Waals surface area contributed by atoms with Crippen molar-refractivity contribution in [1.29, 1.82) is 0 Å². The Morgan fingerprint density at radius 2 is 1.79 bits per heavy atom. The van der Waals surface area contributed by atoms with E-state index in [4.69, 9.17) is 28.6 Å². The molecule has 1 heterocycles. The molecule has 4 rings (SSSR count). The van der Waals surface area contributed by atoms with Crippen LogP contribution in [0, 0.1) is 0 Å². The van der Waals surface area contributed by atoms with Crippen LogP contribution in [0.5, 0.6) is 5.75 Å². The summed E-state index contributed by atoms with van der Waals surface area (Å²) in [6, 6.07) is 20.2. The summed E-state index contributed by atoms with van der Waals surface area (Å²) in [7, 11) is 0. The highest BCUT2D eigenvalue weighted by atomic mass is 79.9. The number of carbonyl (C=O) groups excluding carboxylic acids is 2. The van der Waals surface area contributed by atoms with Crippen LogP contribution in [-0.2, 0) is 16.0 Å². The van der Waals surface area contributed by atoms with E-state index >= 15 is 0 Å². The zero-order chi connectivity index (χ0) is 24.2. The number of ether oxygens (including phenoxy) is 1. The molecule has 1 fully saturated rings. The fourth-order valence-corrected chi connectivity index (χ4v) is 4.72. The van der Waals surface area contributed by atoms with E-state index in [2.05, 4.69) is 21.2 Å². The summed E-state index contributed by atoms with van der Waals surface area (Å²) in [6.07, 6.45) is 2.10. The molecule has 5 nitrogen and oxygen atoms in total. The fourth-order valence-electron chi connectivity index (χ4n) is 3.64. The van der Waals surface area contributed by atoms with E-state index in [0.717, 1.165) is 15.6 Å². The molecule has 3 aromatic carbocycles. The smallest absolute Gasteiger partial charge is 0.270 e. The molecule has 1 aliphatic heterocycles. The highest BCUT2D eigenvalue weighted by Gasteiger charge is 2.34. The van der Waals surface area contributed by atoms with E-state index < -0.39 is 11.8 Å². The first-order valence-electron chi connectivity index (χ1n) is 10.5. The Bertz CT molecular complexity index is 1310. The van der Waals surface area contributed by atoms with Gasteiger partial charge in [0, 0.05) is 21.5 Å². The van der Waals surface area contributed by atoms with Crippen LogP contribution >= 0.6 is 39.7 Å². The van der Waals surface area contributed by atoms with Crippen molar-refractivity contribution in [3.8, 4) is 5.75 Å². The van der Waals surface area contributed by atoms with Crippen LogP contribution in [0.4, 0.5) is 5.69 Å². The Labute approximate surface area is 216 Å². The predicted molar refractivity (Wildman–Crippen MR) is 142 cm³/mol. The number of benzene rings is 3. The topological polar surface area (TPSA) is 58.6 Å². The summed E-state index contributed by atoms with van der Waals surface area (Å²) in [5.74, 6) is -0.395. The maximum atomic E-state index is 13.2. The Kier molecular flexibility index (Phi) is 7.46. The summed E-state index contributed by atoms with van der Waals surface area (Å²) >= 11 is 15.2. The Morgan fingerprint density at radius 1 is 1.09 bits per heavy atom. The molecule has 0 saturated carbocycles. The van der Waals surface area contributed by atoms with Crippen molar-refractivity contribution in [3.63, 3.8) is 0 Å². The molecule has 0 unspecified atom stereocenters. The Hall–Kier alpha value is -3.00. The molecule has 0 radical (unpaired) electrons. The lowest BCUT2D eigenvalue weighted by molar-refractivity contribution is -0.122. The fraction of sp³-hybridized carbons (Fsp3) is 0.115. The van der Waals surface area contributed by atoms with Gasteiger partial charge in [-0.25, -0.2) is 0 Å². The molecule has 34 heavy (non-hydrogen) atoms. The second-order valence-corrected chi connectivity index (χ2v) is 9.12. The van der Waals surface area contributed by atoms with Crippen molar-refractivity contribution in [1.82, 2.24) is 5.32 Å². The molecule has 8 heteroatoms. The second kappa shape index (κ2) is 10.5. The van der Waals surface area contributed by atoms with E-state index in [1.54, 1.807) is 30.3 Å². The number of para-hydroxylation sites is 1. The van der Waals surface area contributed by atoms with Gasteiger partial charge in [-0.05, 0) is 66.7 Å². The third kappa shape index (κ3) is 5.06. The van der Waals surface area contributed by atoms with Crippen molar-refractivity contribution >= 4 is 68.4 Å². The van der Waals surface area contributed by atoms with Gasteiger partial charge in [-0.2, -0.15) is 0 Å². The molecule has 0 aliphatic carbocycles. The Morgan fingerprint density at radius 3 is 2.50 bits per heavy atom. The van der Waals surface area contributed by atoms with Crippen LogP contribution < -0.4 is 15.0 Å². The van der Waals surface area contributed by atoms with Gasteiger partial charge >= 0.3 is 0 Å². The van der Waals surface area contributed by atoms with Crippen molar-refractivity contribution in [2.45, 2.75) is 13.3 Å². The van der Waals surface area contributed by atoms with Crippen LogP contribution in [0.25, 0.3) is 6.08 Å². The van der Waals surface area contributed by atoms with E-state index in [-0.39, 0.29) is 10.7 Å². The molecule has 0 aromatic heterocycles. The second-order valence-electron chi connectivity index (χ2n) is 7.47. The number of amides is 2. The molecule has 0 spiro atoms. The van der Waals surface area contributed by atoms with Crippen molar-refractivity contribution in [2.75, 3.05) is 11.5 Å². The van der Waals surface area contributed by atoms with Crippen LogP contribution in [0.1, 0.15) is 23.6 Å². The van der Waals surface area contributed by atoms with Crippen LogP contribution in [0.2, 0.25) is 5.02 Å². The number of nitrogens with zero attached hydrogens (tertiary/aromatic N) is 1. The number of thiocarbonyl (C=S) groups is 1. The first-order chi connectivity index (χ1) is 16.4. The van der Waals surface area contributed by atoms with Crippen molar-refractivity contribution in [2.24, 2.45) is 0 Å². The standard InChI is InChI=1S/C26H20BrClN2O3S/c1-2-33-23-14-16(13-21(27)19(23)15-17-8-6-7-11-22(17)28)12-20-24(31)29-26(34)30(25(20)32)18-9-4-3-5-10-18/h3-14H,2,15H2,1H3,(H,29,31,34)/b20-12-. The molecule has 172 valence electrons. The summed E-state index contributed by atoms with van der Waals surface area (Å²) in [4.78, 5) is 27.2. The molecule has 3 aromatic rings. The van der Waals surface area contributed by atoms with E-state index in [1.165, 1.54) is 4.90 Å². The number of rotatable bonds is 6. The molecule has 0 bridgehead atoms. The SMILES string of the molecule is CCOc1cc(/C=C2/C(=O)NC(=S)N(c3ccccc3)C2=O)cc(Br)c1Cc1ccccc1Cl. The zero-order valence-electron chi connectivity index (χ0n) is 18.2. The number of nitrogens with one attached hydrogen (secondary N) is 1. The van der Waals surface area contributed by atoms with Crippen molar-refractivity contribution < 1.29 is 14.3 Å². The molecule has 1 aliphatic rings. The maximum Gasteiger partial charge on any atom is 0.270 e. The van der Waals surface area contributed by atoms with E-state index in [0.29, 0.717) is 35.1 Å². The number of hydrogen-bond donors (Lipinski definition) is 1. The third-order valence-electron chi connectivity index (χ3n) is 5.23. The third-order valence-corrected chi connectivity index (χ3v) is 6.59. The van der Waals surface area contributed by atoms with E-state index in [1.807, 2.05) is 49.4 Å². The predicted octanol–water partition coefficient (Wildman–Crippen LogP) is 5.92. The minimum atomic E-state index is -0.545.